The molecule has 1 aliphatic heterocycles. The zero-order valence-corrected chi connectivity index (χ0v) is 7.34. The number of hydrogen-bond donors (Lipinski definition) is 1. The van der Waals surface area contributed by atoms with E-state index in [1.165, 1.54) is 31.5 Å². The normalized spacial score (nSPS) is 20.0. The van der Waals surface area contributed by atoms with Crippen molar-refractivity contribution in [1.82, 2.24) is 4.90 Å². The van der Waals surface area contributed by atoms with Crippen LogP contribution in [0.15, 0.2) is 11.6 Å². The van der Waals surface area contributed by atoms with Gasteiger partial charge in [0.15, 0.2) is 0 Å². The van der Waals surface area contributed by atoms with Gasteiger partial charge in [-0.05, 0) is 19.4 Å². The SMILES string of the molecule is CCCN1CC=C(CN)CC1. The number of hydrogen-bond acceptors (Lipinski definition) is 2. The van der Waals surface area contributed by atoms with Gasteiger partial charge >= 0.3 is 0 Å². The van der Waals surface area contributed by atoms with Crippen LogP contribution in [0.3, 0.4) is 0 Å². The quantitative estimate of drug-likeness (QED) is 0.614. The van der Waals surface area contributed by atoms with E-state index in [4.69, 9.17) is 5.73 Å². The number of rotatable bonds is 3. The van der Waals surface area contributed by atoms with E-state index in [1.807, 2.05) is 0 Å². The molecule has 11 heavy (non-hydrogen) atoms. The molecule has 0 unspecified atom stereocenters. The fourth-order valence-electron chi connectivity index (χ4n) is 1.46. The standard InChI is InChI=1S/C9H18N2/c1-2-5-11-6-3-9(8-10)4-7-11/h3H,2,4-8,10H2,1H3. The summed E-state index contributed by atoms with van der Waals surface area (Å²) in [5.74, 6) is 0. The van der Waals surface area contributed by atoms with Gasteiger partial charge in [-0.1, -0.05) is 18.6 Å². The Morgan fingerprint density at radius 2 is 2.45 bits per heavy atom. The molecule has 64 valence electrons. The largest absolute Gasteiger partial charge is 0.327 e. The van der Waals surface area contributed by atoms with Crippen molar-refractivity contribution < 1.29 is 0 Å². The van der Waals surface area contributed by atoms with E-state index in [1.54, 1.807) is 0 Å². The van der Waals surface area contributed by atoms with Gasteiger partial charge in [-0.25, -0.2) is 0 Å². The van der Waals surface area contributed by atoms with Crippen molar-refractivity contribution in [3.05, 3.63) is 11.6 Å². The first kappa shape index (κ1) is 8.75. The molecule has 2 nitrogen and oxygen atoms in total. The van der Waals surface area contributed by atoms with Crippen LogP contribution in [0.2, 0.25) is 0 Å². The van der Waals surface area contributed by atoms with Crippen LogP contribution in [-0.2, 0) is 0 Å². The molecule has 0 aromatic rings. The van der Waals surface area contributed by atoms with Crippen LogP contribution < -0.4 is 5.73 Å². The lowest BCUT2D eigenvalue weighted by molar-refractivity contribution is 0.294. The molecule has 0 fully saturated rings. The van der Waals surface area contributed by atoms with E-state index >= 15 is 0 Å². The van der Waals surface area contributed by atoms with Crippen LogP contribution in [-0.4, -0.2) is 31.1 Å². The Hall–Kier alpha value is -0.340. The van der Waals surface area contributed by atoms with E-state index in [-0.39, 0.29) is 0 Å². The lowest BCUT2D eigenvalue weighted by atomic mass is 10.1. The van der Waals surface area contributed by atoms with Gasteiger partial charge in [0.05, 0.1) is 0 Å². The van der Waals surface area contributed by atoms with Gasteiger partial charge in [-0.3, -0.25) is 4.90 Å². The van der Waals surface area contributed by atoms with E-state index < -0.39 is 0 Å². The summed E-state index contributed by atoms with van der Waals surface area (Å²) in [6.45, 7) is 6.52. The van der Waals surface area contributed by atoms with Crippen molar-refractivity contribution in [3.63, 3.8) is 0 Å². The van der Waals surface area contributed by atoms with E-state index in [0.717, 1.165) is 13.1 Å². The Morgan fingerprint density at radius 1 is 1.64 bits per heavy atom. The lowest BCUT2D eigenvalue weighted by Gasteiger charge is -2.25. The summed E-state index contributed by atoms with van der Waals surface area (Å²) in [4.78, 5) is 2.47. The van der Waals surface area contributed by atoms with Crippen LogP contribution in [0.25, 0.3) is 0 Å². The molecule has 0 bridgehead atoms. The van der Waals surface area contributed by atoms with Gasteiger partial charge in [0, 0.05) is 19.6 Å². The first-order valence-corrected chi connectivity index (χ1v) is 4.47. The minimum Gasteiger partial charge on any atom is -0.327 e. The second kappa shape index (κ2) is 4.52. The van der Waals surface area contributed by atoms with Crippen molar-refractivity contribution in [1.29, 1.82) is 0 Å². The van der Waals surface area contributed by atoms with Crippen molar-refractivity contribution >= 4 is 0 Å². The van der Waals surface area contributed by atoms with Crippen molar-refractivity contribution in [3.8, 4) is 0 Å². The Morgan fingerprint density at radius 3 is 2.91 bits per heavy atom. The molecule has 0 saturated carbocycles. The van der Waals surface area contributed by atoms with Crippen LogP contribution in [0.4, 0.5) is 0 Å². The molecule has 1 heterocycles. The topological polar surface area (TPSA) is 29.3 Å². The Kier molecular flexibility index (Phi) is 3.60. The molecule has 0 radical (unpaired) electrons. The smallest absolute Gasteiger partial charge is 0.0166 e. The van der Waals surface area contributed by atoms with E-state index in [0.29, 0.717) is 0 Å². The maximum Gasteiger partial charge on any atom is 0.0166 e. The highest BCUT2D eigenvalue weighted by Gasteiger charge is 2.08. The maximum atomic E-state index is 5.54. The average molecular weight is 154 g/mol. The van der Waals surface area contributed by atoms with Crippen LogP contribution >= 0.6 is 0 Å². The zero-order valence-electron chi connectivity index (χ0n) is 7.34. The fourth-order valence-corrected chi connectivity index (χ4v) is 1.46. The monoisotopic (exact) mass is 154 g/mol. The Labute approximate surface area is 69.1 Å². The Bertz CT molecular complexity index is 140. The minimum absolute atomic E-state index is 0.750. The summed E-state index contributed by atoms with van der Waals surface area (Å²) in [5, 5.41) is 0. The van der Waals surface area contributed by atoms with Crippen molar-refractivity contribution in [2.75, 3.05) is 26.2 Å². The molecule has 0 spiro atoms. The highest BCUT2D eigenvalue weighted by molar-refractivity contribution is 5.08. The van der Waals surface area contributed by atoms with E-state index in [9.17, 15) is 0 Å². The molecular weight excluding hydrogens is 136 g/mol. The van der Waals surface area contributed by atoms with Gasteiger partial charge in [0.1, 0.15) is 0 Å². The van der Waals surface area contributed by atoms with Gasteiger partial charge in [-0.2, -0.15) is 0 Å². The van der Waals surface area contributed by atoms with Crippen LogP contribution in [0, 0.1) is 0 Å². The summed E-state index contributed by atoms with van der Waals surface area (Å²) < 4.78 is 0. The summed E-state index contributed by atoms with van der Waals surface area (Å²) >= 11 is 0. The van der Waals surface area contributed by atoms with Crippen molar-refractivity contribution in [2.24, 2.45) is 5.73 Å². The van der Waals surface area contributed by atoms with Gasteiger partial charge in [0.25, 0.3) is 0 Å². The first-order chi connectivity index (χ1) is 5.36. The number of nitrogens with zero attached hydrogens (tertiary/aromatic N) is 1. The fraction of sp³-hybridized carbons (Fsp3) is 0.778. The molecular formula is C9H18N2. The maximum absolute atomic E-state index is 5.54. The predicted molar refractivity (Wildman–Crippen MR) is 48.5 cm³/mol. The predicted octanol–water partition coefficient (Wildman–Crippen LogP) is 0.987. The van der Waals surface area contributed by atoms with Crippen LogP contribution in [0.5, 0.6) is 0 Å². The lowest BCUT2D eigenvalue weighted by Crippen LogP contribution is -2.30. The molecule has 1 rings (SSSR count). The van der Waals surface area contributed by atoms with Crippen LogP contribution in [0.1, 0.15) is 19.8 Å². The number of nitrogens with two attached hydrogens (primary N) is 1. The summed E-state index contributed by atoms with van der Waals surface area (Å²) in [6.07, 6.45) is 4.71. The molecule has 0 aromatic carbocycles. The molecule has 0 aliphatic carbocycles. The zero-order chi connectivity index (χ0) is 8.10. The summed E-state index contributed by atoms with van der Waals surface area (Å²) in [5.41, 5.74) is 6.96. The molecule has 0 amide bonds. The van der Waals surface area contributed by atoms with Gasteiger partial charge in [-0.15, -0.1) is 0 Å². The van der Waals surface area contributed by atoms with E-state index in [2.05, 4.69) is 17.9 Å². The third-order valence-electron chi connectivity index (χ3n) is 2.19. The summed E-state index contributed by atoms with van der Waals surface area (Å²) in [7, 11) is 0. The minimum atomic E-state index is 0.750. The van der Waals surface area contributed by atoms with Gasteiger partial charge < -0.3 is 5.73 Å². The average Bonchev–Trinajstić information content (AvgIpc) is 2.07. The molecule has 2 heteroatoms. The molecule has 2 N–H and O–H groups in total. The van der Waals surface area contributed by atoms with Gasteiger partial charge in [0.2, 0.25) is 0 Å². The summed E-state index contributed by atoms with van der Waals surface area (Å²) in [6, 6.07) is 0. The van der Waals surface area contributed by atoms with Crippen molar-refractivity contribution in [2.45, 2.75) is 19.8 Å². The Balaban J connectivity index is 2.29. The third kappa shape index (κ3) is 2.64. The molecule has 0 aromatic heterocycles. The molecule has 1 aliphatic rings. The first-order valence-electron chi connectivity index (χ1n) is 4.47. The second-order valence-electron chi connectivity index (χ2n) is 3.12. The molecule has 0 atom stereocenters. The molecule has 0 saturated heterocycles. The third-order valence-corrected chi connectivity index (χ3v) is 2.19. The highest BCUT2D eigenvalue weighted by atomic mass is 15.1. The highest BCUT2D eigenvalue weighted by Crippen LogP contribution is 2.08. The second-order valence-corrected chi connectivity index (χ2v) is 3.12.